The van der Waals surface area contributed by atoms with E-state index in [0.29, 0.717) is 17.2 Å². The number of imide groups is 1. The fraction of sp³-hybridized carbons (Fsp3) is 0.375. The zero-order chi connectivity index (χ0) is 17.7. The van der Waals surface area contributed by atoms with Gasteiger partial charge >= 0.3 is 5.97 Å². The third kappa shape index (κ3) is 3.76. The van der Waals surface area contributed by atoms with Gasteiger partial charge in [0.15, 0.2) is 0 Å². The number of fused-ring (bicyclic) bond motifs is 1. The Kier molecular flexibility index (Phi) is 5.97. The molecule has 1 atom stereocenters. The van der Waals surface area contributed by atoms with Gasteiger partial charge in [-0.3, -0.25) is 14.4 Å². The van der Waals surface area contributed by atoms with Crippen molar-refractivity contribution in [1.29, 1.82) is 0 Å². The Morgan fingerprint density at radius 3 is 2.29 bits per heavy atom. The average Bonchev–Trinajstić information content (AvgIpc) is 2.83. The molecule has 128 valence electrons. The summed E-state index contributed by atoms with van der Waals surface area (Å²) in [5.41, 5.74) is 0.377. The molecule has 0 aromatic heterocycles. The lowest BCUT2D eigenvalue weighted by Gasteiger charge is -2.19. The van der Waals surface area contributed by atoms with Crippen LogP contribution in [0, 0.1) is 0 Å². The number of hydroxylamine groups is 2. The third-order valence-corrected chi connectivity index (χ3v) is 4.13. The van der Waals surface area contributed by atoms with E-state index < -0.39 is 23.8 Å². The van der Waals surface area contributed by atoms with Crippen molar-refractivity contribution in [1.82, 2.24) is 10.4 Å². The lowest BCUT2D eigenvalue weighted by Crippen LogP contribution is -2.45. The van der Waals surface area contributed by atoms with Crippen molar-refractivity contribution in [3.8, 4) is 0 Å². The average molecular weight is 350 g/mol. The predicted molar refractivity (Wildman–Crippen MR) is 88.3 cm³/mol. The maximum atomic E-state index is 12.3. The van der Waals surface area contributed by atoms with Crippen molar-refractivity contribution < 1.29 is 24.0 Å². The van der Waals surface area contributed by atoms with Gasteiger partial charge < -0.3 is 10.2 Å². The number of amides is 3. The van der Waals surface area contributed by atoms with E-state index in [9.17, 15) is 19.2 Å². The van der Waals surface area contributed by atoms with Gasteiger partial charge in [-0.2, -0.15) is 11.8 Å². The molecule has 2 rings (SSSR count). The van der Waals surface area contributed by atoms with Crippen molar-refractivity contribution in [3.05, 3.63) is 35.4 Å². The first-order chi connectivity index (χ1) is 11.5. The molecule has 1 aliphatic rings. The molecule has 0 radical (unpaired) electrons. The van der Waals surface area contributed by atoms with E-state index in [2.05, 4.69) is 5.32 Å². The molecule has 1 unspecified atom stereocenters. The quantitative estimate of drug-likeness (QED) is 0.747. The number of carbonyl (C=O) groups excluding carboxylic acids is 4. The van der Waals surface area contributed by atoms with Gasteiger partial charge in [-0.25, -0.2) is 4.79 Å². The molecule has 1 N–H and O–H groups in total. The number of nitrogens with one attached hydrogen (secondary N) is 1. The molecule has 8 heteroatoms. The van der Waals surface area contributed by atoms with E-state index in [-0.39, 0.29) is 23.5 Å². The lowest BCUT2D eigenvalue weighted by molar-refractivity contribution is -0.171. The van der Waals surface area contributed by atoms with Gasteiger partial charge in [0.2, 0.25) is 5.91 Å². The summed E-state index contributed by atoms with van der Waals surface area (Å²) < 4.78 is 0. The van der Waals surface area contributed by atoms with Gasteiger partial charge in [0.25, 0.3) is 11.8 Å². The van der Waals surface area contributed by atoms with Gasteiger partial charge in [0, 0.05) is 6.42 Å². The van der Waals surface area contributed by atoms with E-state index in [1.807, 2.05) is 6.26 Å². The normalized spacial score (nSPS) is 14.3. The van der Waals surface area contributed by atoms with Gasteiger partial charge in [0.1, 0.15) is 6.04 Å². The number of hydrogen-bond acceptors (Lipinski definition) is 6. The molecule has 0 bridgehead atoms. The summed E-state index contributed by atoms with van der Waals surface area (Å²) in [6.45, 7) is 1.66. The highest BCUT2D eigenvalue weighted by atomic mass is 32.2. The van der Waals surface area contributed by atoms with Gasteiger partial charge in [-0.1, -0.05) is 24.1 Å². The van der Waals surface area contributed by atoms with Gasteiger partial charge in [-0.05, 0) is 30.6 Å². The molecule has 0 saturated heterocycles. The monoisotopic (exact) mass is 350 g/mol. The van der Waals surface area contributed by atoms with E-state index in [0.717, 1.165) is 0 Å². The Morgan fingerprint density at radius 1 is 1.21 bits per heavy atom. The minimum atomic E-state index is -0.908. The van der Waals surface area contributed by atoms with Crippen molar-refractivity contribution in [2.75, 3.05) is 12.0 Å². The second-order valence-electron chi connectivity index (χ2n) is 5.12. The molecule has 3 amide bonds. The van der Waals surface area contributed by atoms with Crippen LogP contribution in [0.2, 0.25) is 0 Å². The number of rotatable bonds is 7. The first-order valence-electron chi connectivity index (χ1n) is 7.47. The number of hydrogen-bond donors (Lipinski definition) is 1. The Hall–Kier alpha value is -2.35. The van der Waals surface area contributed by atoms with Gasteiger partial charge in [0.05, 0.1) is 11.1 Å². The van der Waals surface area contributed by atoms with E-state index in [4.69, 9.17) is 4.84 Å². The molecule has 1 aromatic carbocycles. The molecule has 7 nitrogen and oxygen atoms in total. The summed E-state index contributed by atoms with van der Waals surface area (Å²) in [4.78, 5) is 53.2. The van der Waals surface area contributed by atoms with Crippen LogP contribution in [-0.2, 0) is 14.4 Å². The van der Waals surface area contributed by atoms with Gasteiger partial charge in [-0.15, -0.1) is 0 Å². The summed E-state index contributed by atoms with van der Waals surface area (Å²) in [7, 11) is 0. The van der Waals surface area contributed by atoms with Crippen LogP contribution in [0.5, 0.6) is 0 Å². The Labute approximate surface area is 143 Å². The molecular formula is C16H18N2O5S. The van der Waals surface area contributed by atoms with Crippen molar-refractivity contribution in [3.63, 3.8) is 0 Å². The van der Waals surface area contributed by atoms with Crippen molar-refractivity contribution >= 4 is 35.5 Å². The number of thioether (sulfide) groups is 1. The van der Waals surface area contributed by atoms with Crippen LogP contribution in [0.3, 0.4) is 0 Å². The van der Waals surface area contributed by atoms with E-state index in [1.165, 1.54) is 23.9 Å². The standard InChI is InChI=1S/C16H18N2O5S/c1-3-13(19)17-12(8-9-24-2)16(22)23-18-14(20)10-6-4-5-7-11(10)15(18)21/h4-7,12H,3,8-9H2,1-2H3,(H,17,19). The summed E-state index contributed by atoms with van der Waals surface area (Å²) in [5, 5.41) is 3.01. The van der Waals surface area contributed by atoms with Crippen LogP contribution < -0.4 is 5.32 Å². The highest BCUT2D eigenvalue weighted by molar-refractivity contribution is 7.98. The molecule has 0 fully saturated rings. The first kappa shape index (κ1) is 18.0. The minimum absolute atomic E-state index is 0.188. The molecule has 0 aliphatic carbocycles. The molecular weight excluding hydrogens is 332 g/mol. The largest absolute Gasteiger partial charge is 0.355 e. The Morgan fingerprint density at radius 2 is 1.79 bits per heavy atom. The maximum absolute atomic E-state index is 12.3. The summed E-state index contributed by atoms with van der Waals surface area (Å²) in [6.07, 6.45) is 2.43. The first-order valence-corrected chi connectivity index (χ1v) is 8.86. The van der Waals surface area contributed by atoms with Crippen LogP contribution in [-0.4, -0.2) is 46.8 Å². The SMILES string of the molecule is CCC(=O)NC(CCSC)C(=O)ON1C(=O)c2ccccc2C1=O. The van der Waals surface area contributed by atoms with Crippen molar-refractivity contribution in [2.45, 2.75) is 25.8 Å². The van der Waals surface area contributed by atoms with E-state index >= 15 is 0 Å². The second-order valence-corrected chi connectivity index (χ2v) is 6.10. The highest BCUT2D eigenvalue weighted by Crippen LogP contribution is 2.23. The number of carbonyl (C=O) groups is 4. The maximum Gasteiger partial charge on any atom is 0.355 e. The van der Waals surface area contributed by atoms with Crippen LogP contribution >= 0.6 is 11.8 Å². The highest BCUT2D eigenvalue weighted by Gasteiger charge is 2.39. The molecule has 1 heterocycles. The summed E-state index contributed by atoms with van der Waals surface area (Å²) >= 11 is 1.51. The minimum Gasteiger partial charge on any atom is -0.343 e. The van der Waals surface area contributed by atoms with Crippen LogP contribution in [0.25, 0.3) is 0 Å². The number of nitrogens with zero attached hydrogens (tertiary/aromatic N) is 1. The van der Waals surface area contributed by atoms with Crippen molar-refractivity contribution in [2.24, 2.45) is 0 Å². The zero-order valence-electron chi connectivity index (χ0n) is 13.4. The molecule has 1 aliphatic heterocycles. The topological polar surface area (TPSA) is 92.8 Å². The lowest BCUT2D eigenvalue weighted by atomic mass is 10.1. The smallest absolute Gasteiger partial charge is 0.343 e. The van der Waals surface area contributed by atoms with E-state index in [1.54, 1.807) is 19.1 Å². The van der Waals surface area contributed by atoms with Crippen LogP contribution in [0.4, 0.5) is 0 Å². The summed E-state index contributed by atoms with van der Waals surface area (Å²) in [6, 6.07) is 5.33. The fourth-order valence-corrected chi connectivity index (χ4v) is 2.66. The molecule has 24 heavy (non-hydrogen) atoms. The van der Waals surface area contributed by atoms with Crippen LogP contribution in [0.15, 0.2) is 24.3 Å². The number of benzene rings is 1. The molecule has 0 spiro atoms. The summed E-state index contributed by atoms with van der Waals surface area (Å²) in [5.74, 6) is -1.89. The zero-order valence-corrected chi connectivity index (χ0v) is 14.2. The fourth-order valence-electron chi connectivity index (χ4n) is 2.18. The molecule has 1 aromatic rings. The third-order valence-electron chi connectivity index (χ3n) is 3.49. The predicted octanol–water partition coefficient (Wildman–Crippen LogP) is 1.39. The van der Waals surface area contributed by atoms with Crippen LogP contribution in [0.1, 0.15) is 40.5 Å². The second kappa shape index (κ2) is 7.96. The Bertz CT molecular complexity index is 641. The Balaban J connectivity index is 2.10. The molecule has 0 saturated carbocycles.